The van der Waals surface area contributed by atoms with Gasteiger partial charge in [-0.3, -0.25) is 4.90 Å². The number of methoxy groups -OCH3 is 1. The van der Waals surface area contributed by atoms with E-state index in [1.54, 1.807) is 6.26 Å². The van der Waals surface area contributed by atoms with Gasteiger partial charge in [-0.15, -0.1) is 0 Å². The zero-order chi connectivity index (χ0) is 14.5. The van der Waals surface area contributed by atoms with E-state index in [1.807, 2.05) is 13.2 Å². The van der Waals surface area contributed by atoms with Crippen molar-refractivity contribution in [3.8, 4) is 0 Å². The average Bonchev–Trinajstić information content (AvgIpc) is 3.02. The molecule has 3 nitrogen and oxygen atoms in total. The highest BCUT2D eigenvalue weighted by Crippen LogP contribution is 2.24. The normalized spacial score (nSPS) is 23.3. The topological polar surface area (TPSA) is 25.6 Å². The highest BCUT2D eigenvalue weighted by molar-refractivity contribution is 5.16. The Morgan fingerprint density at radius 3 is 2.76 bits per heavy atom. The van der Waals surface area contributed by atoms with Gasteiger partial charge in [0, 0.05) is 26.1 Å². The van der Waals surface area contributed by atoms with Gasteiger partial charge in [0.2, 0.25) is 0 Å². The molecule has 0 bridgehead atoms. The summed E-state index contributed by atoms with van der Waals surface area (Å²) in [5.74, 6) is 1.59. The molecule has 0 aliphatic carbocycles. The van der Waals surface area contributed by atoms with Crippen LogP contribution in [-0.4, -0.2) is 31.2 Å². The smallest absolute Gasteiger partial charge is 0.117 e. The SMILES string of the molecule is CO[C@H]1CCN(Cc2ccco2)C[C@@H]1Cc1ccccc1. The van der Waals surface area contributed by atoms with Crippen LogP contribution in [0.5, 0.6) is 0 Å². The Labute approximate surface area is 126 Å². The summed E-state index contributed by atoms with van der Waals surface area (Å²) < 4.78 is 11.2. The van der Waals surface area contributed by atoms with E-state index in [0.717, 1.165) is 38.2 Å². The highest BCUT2D eigenvalue weighted by Gasteiger charge is 2.29. The highest BCUT2D eigenvalue weighted by atomic mass is 16.5. The van der Waals surface area contributed by atoms with Crippen molar-refractivity contribution < 1.29 is 9.15 Å². The van der Waals surface area contributed by atoms with Crippen LogP contribution in [0.15, 0.2) is 53.1 Å². The first-order valence-electron chi connectivity index (χ1n) is 7.66. The third-order valence-electron chi connectivity index (χ3n) is 4.35. The molecule has 3 heteroatoms. The van der Waals surface area contributed by atoms with E-state index in [0.29, 0.717) is 12.0 Å². The predicted octanol–water partition coefficient (Wildman–Crippen LogP) is 3.36. The lowest BCUT2D eigenvalue weighted by Crippen LogP contribution is -2.44. The fraction of sp³-hybridized carbons (Fsp3) is 0.444. The van der Waals surface area contributed by atoms with E-state index in [-0.39, 0.29) is 0 Å². The molecule has 2 heterocycles. The molecule has 2 aromatic rings. The number of likely N-dealkylation sites (tertiary alicyclic amines) is 1. The van der Waals surface area contributed by atoms with Crippen LogP contribution in [0.4, 0.5) is 0 Å². The van der Waals surface area contributed by atoms with Gasteiger partial charge in [-0.1, -0.05) is 30.3 Å². The van der Waals surface area contributed by atoms with Crippen molar-refractivity contribution in [2.24, 2.45) is 5.92 Å². The second-order valence-electron chi connectivity index (χ2n) is 5.83. The Kier molecular flexibility index (Phi) is 4.73. The summed E-state index contributed by atoms with van der Waals surface area (Å²) in [6.45, 7) is 3.04. The number of nitrogens with zero attached hydrogens (tertiary/aromatic N) is 1. The van der Waals surface area contributed by atoms with Gasteiger partial charge in [0.05, 0.1) is 18.9 Å². The maximum absolute atomic E-state index is 5.71. The molecule has 1 aliphatic rings. The number of rotatable bonds is 5. The molecule has 0 radical (unpaired) electrons. The van der Waals surface area contributed by atoms with Gasteiger partial charge in [0.25, 0.3) is 0 Å². The van der Waals surface area contributed by atoms with E-state index in [9.17, 15) is 0 Å². The van der Waals surface area contributed by atoms with Crippen molar-refractivity contribution in [1.82, 2.24) is 4.90 Å². The van der Waals surface area contributed by atoms with Crippen LogP contribution in [0, 0.1) is 5.92 Å². The van der Waals surface area contributed by atoms with Gasteiger partial charge < -0.3 is 9.15 Å². The maximum atomic E-state index is 5.71. The van der Waals surface area contributed by atoms with Crippen molar-refractivity contribution in [2.75, 3.05) is 20.2 Å². The standard InChI is InChI=1S/C18H23NO2/c1-20-18-9-10-19(14-17-8-5-11-21-17)13-16(18)12-15-6-3-2-4-7-15/h2-8,11,16,18H,9-10,12-14H2,1H3/t16-,18-/m0/s1. The summed E-state index contributed by atoms with van der Waals surface area (Å²) in [6, 6.07) is 14.7. The largest absolute Gasteiger partial charge is 0.468 e. The molecule has 1 aromatic carbocycles. The Morgan fingerprint density at radius 2 is 2.05 bits per heavy atom. The Morgan fingerprint density at radius 1 is 1.19 bits per heavy atom. The average molecular weight is 285 g/mol. The zero-order valence-corrected chi connectivity index (χ0v) is 12.6. The fourth-order valence-corrected chi connectivity index (χ4v) is 3.28. The minimum absolute atomic E-state index is 0.359. The van der Waals surface area contributed by atoms with Crippen molar-refractivity contribution in [1.29, 1.82) is 0 Å². The van der Waals surface area contributed by atoms with E-state index < -0.39 is 0 Å². The molecule has 1 aliphatic heterocycles. The monoisotopic (exact) mass is 285 g/mol. The summed E-state index contributed by atoms with van der Waals surface area (Å²) in [7, 11) is 1.84. The molecular weight excluding hydrogens is 262 g/mol. The van der Waals surface area contributed by atoms with E-state index in [2.05, 4.69) is 41.3 Å². The quantitative estimate of drug-likeness (QED) is 0.842. The summed E-state index contributed by atoms with van der Waals surface area (Å²) in [5, 5.41) is 0. The van der Waals surface area contributed by atoms with Crippen LogP contribution in [0.25, 0.3) is 0 Å². The molecule has 3 rings (SSSR count). The summed E-state index contributed by atoms with van der Waals surface area (Å²) in [6.07, 6.45) is 4.28. The lowest BCUT2D eigenvalue weighted by atomic mass is 9.88. The van der Waals surface area contributed by atoms with E-state index in [1.165, 1.54) is 5.56 Å². The molecule has 0 N–H and O–H groups in total. The second kappa shape index (κ2) is 6.92. The molecule has 0 amide bonds. The molecular formula is C18H23NO2. The third-order valence-corrected chi connectivity index (χ3v) is 4.35. The number of ether oxygens (including phenoxy) is 1. The number of hydrogen-bond acceptors (Lipinski definition) is 3. The lowest BCUT2D eigenvalue weighted by Gasteiger charge is -2.37. The second-order valence-corrected chi connectivity index (χ2v) is 5.83. The van der Waals surface area contributed by atoms with Crippen LogP contribution in [-0.2, 0) is 17.7 Å². The van der Waals surface area contributed by atoms with Crippen molar-refractivity contribution in [2.45, 2.75) is 25.5 Å². The van der Waals surface area contributed by atoms with Crippen LogP contribution >= 0.6 is 0 Å². The molecule has 0 saturated carbocycles. The molecule has 1 fully saturated rings. The molecule has 112 valence electrons. The number of hydrogen-bond donors (Lipinski definition) is 0. The minimum Gasteiger partial charge on any atom is -0.468 e. The van der Waals surface area contributed by atoms with Gasteiger partial charge in [-0.2, -0.15) is 0 Å². The first kappa shape index (κ1) is 14.4. The predicted molar refractivity (Wildman–Crippen MR) is 83.0 cm³/mol. The summed E-state index contributed by atoms with van der Waals surface area (Å²) in [4.78, 5) is 2.47. The van der Waals surface area contributed by atoms with Crippen LogP contribution in [0.3, 0.4) is 0 Å². The van der Waals surface area contributed by atoms with Crippen LogP contribution in [0.2, 0.25) is 0 Å². The van der Waals surface area contributed by atoms with Crippen LogP contribution in [0.1, 0.15) is 17.7 Å². The van der Waals surface area contributed by atoms with E-state index in [4.69, 9.17) is 9.15 Å². The third kappa shape index (κ3) is 3.74. The molecule has 1 saturated heterocycles. The number of benzene rings is 1. The maximum Gasteiger partial charge on any atom is 0.117 e. The zero-order valence-electron chi connectivity index (χ0n) is 12.6. The molecule has 0 unspecified atom stereocenters. The number of piperidine rings is 1. The first-order chi connectivity index (χ1) is 10.3. The summed E-state index contributed by atoms with van der Waals surface area (Å²) >= 11 is 0. The van der Waals surface area contributed by atoms with Crippen LogP contribution < -0.4 is 0 Å². The van der Waals surface area contributed by atoms with Crippen molar-refractivity contribution >= 4 is 0 Å². The van der Waals surface area contributed by atoms with Crippen molar-refractivity contribution in [3.63, 3.8) is 0 Å². The molecule has 1 aromatic heterocycles. The lowest BCUT2D eigenvalue weighted by molar-refractivity contribution is -0.00997. The molecule has 21 heavy (non-hydrogen) atoms. The van der Waals surface area contributed by atoms with Gasteiger partial charge in [-0.25, -0.2) is 0 Å². The summed E-state index contributed by atoms with van der Waals surface area (Å²) in [5.41, 5.74) is 1.39. The minimum atomic E-state index is 0.359. The number of furan rings is 1. The Balaban J connectivity index is 1.64. The van der Waals surface area contributed by atoms with Gasteiger partial charge >= 0.3 is 0 Å². The van der Waals surface area contributed by atoms with Crippen molar-refractivity contribution in [3.05, 3.63) is 60.1 Å². The van der Waals surface area contributed by atoms with Gasteiger partial charge in [-0.05, 0) is 30.5 Å². The first-order valence-corrected chi connectivity index (χ1v) is 7.66. The van der Waals surface area contributed by atoms with E-state index >= 15 is 0 Å². The Bertz CT molecular complexity index is 523. The fourth-order valence-electron chi connectivity index (χ4n) is 3.28. The Hall–Kier alpha value is -1.58. The molecule has 0 spiro atoms. The van der Waals surface area contributed by atoms with Gasteiger partial charge in [0.1, 0.15) is 5.76 Å². The van der Waals surface area contributed by atoms with Gasteiger partial charge in [0.15, 0.2) is 0 Å². The molecule has 2 atom stereocenters.